The van der Waals surface area contributed by atoms with E-state index in [4.69, 9.17) is 5.73 Å². The molecule has 0 aliphatic rings. The highest BCUT2D eigenvalue weighted by Crippen LogP contribution is 2.33. The SMILES string of the molecule is Br.Cc1ccc(Sc2ccccc2N)c(C)c1. The Bertz CT molecular complexity index is 511. The zero-order valence-electron chi connectivity index (χ0n) is 9.94. The van der Waals surface area contributed by atoms with E-state index in [-0.39, 0.29) is 17.0 Å². The van der Waals surface area contributed by atoms with E-state index in [1.54, 1.807) is 11.8 Å². The van der Waals surface area contributed by atoms with Crippen molar-refractivity contribution < 1.29 is 0 Å². The van der Waals surface area contributed by atoms with Crippen LogP contribution in [0.4, 0.5) is 5.69 Å². The zero-order chi connectivity index (χ0) is 11.5. The molecule has 0 aliphatic heterocycles. The monoisotopic (exact) mass is 309 g/mol. The summed E-state index contributed by atoms with van der Waals surface area (Å²) in [5.74, 6) is 0. The molecule has 0 aromatic heterocycles. The molecule has 0 radical (unpaired) electrons. The van der Waals surface area contributed by atoms with Gasteiger partial charge in [0, 0.05) is 15.5 Å². The number of hydrogen-bond acceptors (Lipinski definition) is 2. The van der Waals surface area contributed by atoms with E-state index >= 15 is 0 Å². The van der Waals surface area contributed by atoms with Gasteiger partial charge >= 0.3 is 0 Å². The third-order valence-corrected chi connectivity index (χ3v) is 3.74. The summed E-state index contributed by atoms with van der Waals surface area (Å²) in [6.45, 7) is 4.24. The van der Waals surface area contributed by atoms with Gasteiger partial charge in [0.25, 0.3) is 0 Å². The fraction of sp³-hybridized carbons (Fsp3) is 0.143. The standard InChI is InChI=1S/C14H15NS.BrH/c1-10-7-8-13(11(2)9-10)16-14-6-4-3-5-12(14)15;/h3-9H,15H2,1-2H3;1H. The van der Waals surface area contributed by atoms with Gasteiger partial charge in [-0.05, 0) is 37.6 Å². The van der Waals surface area contributed by atoms with Gasteiger partial charge in [-0.25, -0.2) is 0 Å². The second kappa shape index (κ2) is 6.12. The summed E-state index contributed by atoms with van der Waals surface area (Å²) < 4.78 is 0. The van der Waals surface area contributed by atoms with Crippen molar-refractivity contribution in [3.8, 4) is 0 Å². The summed E-state index contributed by atoms with van der Waals surface area (Å²) in [5.41, 5.74) is 9.36. The molecule has 1 nitrogen and oxygen atoms in total. The number of halogens is 1. The van der Waals surface area contributed by atoms with E-state index < -0.39 is 0 Å². The van der Waals surface area contributed by atoms with Gasteiger partial charge in [-0.3, -0.25) is 0 Å². The largest absolute Gasteiger partial charge is 0.398 e. The number of nitrogen functional groups attached to an aromatic ring is 1. The normalized spacial score (nSPS) is 9.76. The van der Waals surface area contributed by atoms with Crippen LogP contribution in [0.25, 0.3) is 0 Å². The number of anilines is 1. The van der Waals surface area contributed by atoms with E-state index in [2.05, 4.69) is 38.1 Å². The maximum atomic E-state index is 5.93. The molecule has 2 aromatic carbocycles. The topological polar surface area (TPSA) is 26.0 Å². The first kappa shape index (κ1) is 14.1. The van der Waals surface area contributed by atoms with Crippen LogP contribution in [0.5, 0.6) is 0 Å². The number of rotatable bonds is 2. The van der Waals surface area contributed by atoms with Gasteiger partial charge in [0.15, 0.2) is 0 Å². The highest BCUT2D eigenvalue weighted by atomic mass is 79.9. The minimum absolute atomic E-state index is 0. The Morgan fingerprint density at radius 2 is 1.65 bits per heavy atom. The van der Waals surface area contributed by atoms with Crippen LogP contribution in [0.15, 0.2) is 52.3 Å². The highest BCUT2D eigenvalue weighted by molar-refractivity contribution is 8.93. The van der Waals surface area contributed by atoms with Crippen molar-refractivity contribution in [3.63, 3.8) is 0 Å². The molecule has 2 aromatic rings. The lowest BCUT2D eigenvalue weighted by atomic mass is 10.2. The maximum absolute atomic E-state index is 5.93. The van der Waals surface area contributed by atoms with Crippen molar-refractivity contribution in [2.75, 3.05) is 5.73 Å². The van der Waals surface area contributed by atoms with Crippen molar-refractivity contribution in [2.45, 2.75) is 23.6 Å². The summed E-state index contributed by atoms with van der Waals surface area (Å²) >= 11 is 1.72. The average Bonchev–Trinajstić information content (AvgIpc) is 2.25. The Labute approximate surface area is 117 Å². The number of para-hydroxylation sites is 1. The summed E-state index contributed by atoms with van der Waals surface area (Å²) in [6.07, 6.45) is 0. The van der Waals surface area contributed by atoms with E-state index in [0.717, 1.165) is 10.6 Å². The molecular formula is C14H16BrNS. The van der Waals surface area contributed by atoms with E-state index in [1.165, 1.54) is 16.0 Å². The predicted molar refractivity (Wildman–Crippen MR) is 81.2 cm³/mol. The fourth-order valence-corrected chi connectivity index (χ4v) is 2.53. The molecule has 90 valence electrons. The van der Waals surface area contributed by atoms with Crippen LogP contribution < -0.4 is 5.73 Å². The third kappa shape index (κ3) is 3.51. The van der Waals surface area contributed by atoms with Crippen molar-refractivity contribution in [1.29, 1.82) is 0 Å². The molecule has 0 heterocycles. The van der Waals surface area contributed by atoms with Gasteiger partial charge in [-0.1, -0.05) is 41.6 Å². The first-order valence-electron chi connectivity index (χ1n) is 5.26. The lowest BCUT2D eigenvalue weighted by molar-refractivity contribution is 1.26. The lowest BCUT2D eigenvalue weighted by Crippen LogP contribution is -1.88. The molecule has 0 fully saturated rings. The Hall–Kier alpha value is -0.930. The molecular weight excluding hydrogens is 294 g/mol. The van der Waals surface area contributed by atoms with E-state index in [1.807, 2.05) is 18.2 Å². The molecule has 0 spiro atoms. The molecule has 3 heteroatoms. The average molecular weight is 310 g/mol. The maximum Gasteiger partial charge on any atom is 0.0455 e. The Kier molecular flexibility index (Phi) is 5.09. The number of nitrogens with two attached hydrogens (primary N) is 1. The van der Waals surface area contributed by atoms with Crippen molar-refractivity contribution >= 4 is 34.4 Å². The summed E-state index contributed by atoms with van der Waals surface area (Å²) in [7, 11) is 0. The lowest BCUT2D eigenvalue weighted by Gasteiger charge is -2.08. The molecule has 0 unspecified atom stereocenters. The predicted octanol–water partition coefficient (Wildman–Crippen LogP) is 4.61. The van der Waals surface area contributed by atoms with Gasteiger partial charge in [-0.2, -0.15) is 0 Å². The third-order valence-electron chi connectivity index (χ3n) is 2.47. The quantitative estimate of drug-likeness (QED) is 0.819. The number of hydrogen-bond donors (Lipinski definition) is 1. The van der Waals surface area contributed by atoms with Crippen LogP contribution in [0.2, 0.25) is 0 Å². The molecule has 0 atom stereocenters. The van der Waals surface area contributed by atoms with Gasteiger partial charge in [-0.15, -0.1) is 17.0 Å². The van der Waals surface area contributed by atoms with Gasteiger partial charge in [0.05, 0.1) is 0 Å². The molecule has 0 saturated carbocycles. The minimum atomic E-state index is 0. The molecule has 0 bridgehead atoms. The van der Waals surface area contributed by atoms with Crippen LogP contribution in [0.1, 0.15) is 11.1 Å². The summed E-state index contributed by atoms with van der Waals surface area (Å²) in [4.78, 5) is 2.39. The van der Waals surface area contributed by atoms with Crippen molar-refractivity contribution in [3.05, 3.63) is 53.6 Å². The highest BCUT2D eigenvalue weighted by Gasteiger charge is 2.03. The van der Waals surface area contributed by atoms with Crippen LogP contribution in [-0.4, -0.2) is 0 Å². The first-order chi connectivity index (χ1) is 7.66. The van der Waals surface area contributed by atoms with Crippen LogP contribution in [0, 0.1) is 13.8 Å². The summed E-state index contributed by atoms with van der Waals surface area (Å²) in [5, 5.41) is 0. The van der Waals surface area contributed by atoms with Gasteiger partial charge in [0.2, 0.25) is 0 Å². The second-order valence-electron chi connectivity index (χ2n) is 3.91. The summed E-state index contributed by atoms with van der Waals surface area (Å²) in [6, 6.07) is 14.5. The molecule has 0 aliphatic carbocycles. The Morgan fingerprint density at radius 1 is 0.941 bits per heavy atom. The van der Waals surface area contributed by atoms with Crippen LogP contribution in [-0.2, 0) is 0 Å². The van der Waals surface area contributed by atoms with Crippen LogP contribution >= 0.6 is 28.7 Å². The van der Waals surface area contributed by atoms with Crippen molar-refractivity contribution in [2.24, 2.45) is 0 Å². The van der Waals surface area contributed by atoms with Crippen LogP contribution in [0.3, 0.4) is 0 Å². The molecule has 2 N–H and O–H groups in total. The number of benzene rings is 2. The van der Waals surface area contributed by atoms with E-state index in [0.29, 0.717) is 0 Å². The Morgan fingerprint density at radius 3 is 2.29 bits per heavy atom. The minimum Gasteiger partial charge on any atom is -0.398 e. The smallest absolute Gasteiger partial charge is 0.0455 e. The zero-order valence-corrected chi connectivity index (χ0v) is 12.5. The van der Waals surface area contributed by atoms with Gasteiger partial charge in [0.1, 0.15) is 0 Å². The first-order valence-corrected chi connectivity index (χ1v) is 6.08. The molecule has 2 rings (SSSR count). The fourth-order valence-electron chi connectivity index (χ4n) is 1.61. The number of aryl methyl sites for hydroxylation is 2. The van der Waals surface area contributed by atoms with E-state index in [9.17, 15) is 0 Å². The van der Waals surface area contributed by atoms with Gasteiger partial charge < -0.3 is 5.73 Å². The second-order valence-corrected chi connectivity index (χ2v) is 4.99. The molecule has 17 heavy (non-hydrogen) atoms. The van der Waals surface area contributed by atoms with Crippen molar-refractivity contribution in [1.82, 2.24) is 0 Å². The molecule has 0 saturated heterocycles. The molecule has 0 amide bonds. The Balaban J connectivity index is 0.00000144.